The van der Waals surface area contributed by atoms with Crippen molar-refractivity contribution in [1.29, 1.82) is 0 Å². The van der Waals surface area contributed by atoms with Crippen LogP contribution in [0.4, 0.5) is 4.39 Å². The third-order valence-corrected chi connectivity index (χ3v) is 5.24. The van der Waals surface area contributed by atoms with E-state index in [0.29, 0.717) is 17.6 Å². The van der Waals surface area contributed by atoms with Gasteiger partial charge in [0.1, 0.15) is 11.4 Å². The molecule has 0 unspecified atom stereocenters. The average molecular weight is 325 g/mol. The summed E-state index contributed by atoms with van der Waals surface area (Å²) in [4.78, 5) is 12.5. The molecule has 1 aromatic carbocycles. The zero-order valence-corrected chi connectivity index (χ0v) is 13.9. The molecule has 0 bridgehead atoms. The van der Waals surface area contributed by atoms with E-state index in [0.717, 1.165) is 18.4 Å². The fraction of sp³-hybridized carbons (Fsp3) is 0.588. The molecule has 0 spiro atoms. The minimum atomic E-state index is -0.519. The van der Waals surface area contributed by atoms with Crippen LogP contribution in [0.2, 0.25) is 5.02 Å². The highest BCUT2D eigenvalue weighted by Gasteiger charge is 2.54. The Balaban J connectivity index is 1.81. The molecule has 1 heterocycles. The van der Waals surface area contributed by atoms with Crippen molar-refractivity contribution in [2.75, 3.05) is 0 Å². The molecule has 1 saturated heterocycles. The first-order valence-electron chi connectivity index (χ1n) is 7.96. The number of halogens is 2. The second-order valence-corrected chi connectivity index (χ2v) is 7.20. The van der Waals surface area contributed by atoms with Gasteiger partial charge >= 0.3 is 0 Å². The van der Waals surface area contributed by atoms with Crippen LogP contribution < -0.4 is 0 Å². The molecule has 120 valence electrons. The fourth-order valence-electron chi connectivity index (χ4n) is 3.50. The van der Waals surface area contributed by atoms with Gasteiger partial charge in [0.15, 0.2) is 0 Å². The molecule has 1 aromatic rings. The monoisotopic (exact) mass is 324 g/mol. The van der Waals surface area contributed by atoms with Crippen molar-refractivity contribution >= 4 is 17.5 Å². The summed E-state index contributed by atoms with van der Waals surface area (Å²) in [5, 5.41) is 4.42. The predicted molar refractivity (Wildman–Crippen MR) is 84.8 cm³/mol. The third-order valence-electron chi connectivity index (χ3n) is 4.89. The zero-order chi connectivity index (χ0) is 15.9. The molecule has 1 saturated carbocycles. The fourth-order valence-corrected chi connectivity index (χ4v) is 3.73. The summed E-state index contributed by atoms with van der Waals surface area (Å²) < 4.78 is 13.2. The van der Waals surface area contributed by atoms with Gasteiger partial charge in [0.2, 0.25) is 0 Å². The van der Waals surface area contributed by atoms with Crippen LogP contribution in [-0.4, -0.2) is 27.5 Å². The van der Waals surface area contributed by atoms with Crippen LogP contribution in [0.25, 0.3) is 0 Å². The summed E-state index contributed by atoms with van der Waals surface area (Å²) in [6, 6.07) is 4.75. The Hall–Kier alpha value is -1.13. The van der Waals surface area contributed by atoms with E-state index in [1.54, 1.807) is 6.07 Å². The van der Waals surface area contributed by atoms with Crippen molar-refractivity contribution in [3.8, 4) is 0 Å². The third kappa shape index (κ3) is 2.63. The van der Waals surface area contributed by atoms with Crippen molar-refractivity contribution in [2.45, 2.75) is 64.1 Å². The van der Waals surface area contributed by atoms with Gasteiger partial charge in [-0.15, -0.1) is 0 Å². The normalized spacial score (nSPS) is 22.7. The first kappa shape index (κ1) is 15.8. The lowest BCUT2D eigenvalue weighted by atomic mass is 9.89. The number of hydrogen-bond acceptors (Lipinski definition) is 2. The quantitative estimate of drug-likeness (QED) is 0.834. The van der Waals surface area contributed by atoms with Gasteiger partial charge in [-0.3, -0.25) is 9.80 Å². The lowest BCUT2D eigenvalue weighted by Crippen LogP contribution is -2.76. The summed E-state index contributed by atoms with van der Waals surface area (Å²) in [5.74, 6) is -0.158. The average Bonchev–Trinajstić information content (AvgIpc) is 2.49. The van der Waals surface area contributed by atoms with E-state index in [4.69, 9.17) is 11.6 Å². The molecule has 22 heavy (non-hydrogen) atoms. The van der Waals surface area contributed by atoms with Crippen molar-refractivity contribution in [1.82, 2.24) is 10.0 Å². The Labute approximate surface area is 136 Å². The van der Waals surface area contributed by atoms with E-state index in [1.165, 1.54) is 31.4 Å². The van der Waals surface area contributed by atoms with Crippen molar-refractivity contribution in [3.05, 3.63) is 34.6 Å². The van der Waals surface area contributed by atoms with Gasteiger partial charge in [0, 0.05) is 17.6 Å². The molecule has 0 atom stereocenters. The standard InChI is InChI=1S/C17H22ClFN2O/c1-17(2)16(22)21(14-6-4-3-5-7-14)20(17)11-12-8-9-13(19)10-15(12)18/h8-10,14H,3-7,11H2,1-2H3. The Kier molecular flexibility index (Phi) is 4.17. The highest BCUT2D eigenvalue weighted by molar-refractivity contribution is 6.31. The van der Waals surface area contributed by atoms with E-state index in [2.05, 4.69) is 5.01 Å². The van der Waals surface area contributed by atoms with Gasteiger partial charge in [-0.2, -0.15) is 5.01 Å². The molecule has 0 N–H and O–H groups in total. The number of benzene rings is 1. The van der Waals surface area contributed by atoms with Crippen molar-refractivity contribution in [3.63, 3.8) is 0 Å². The van der Waals surface area contributed by atoms with Gasteiger partial charge < -0.3 is 0 Å². The second kappa shape index (κ2) is 5.82. The lowest BCUT2D eigenvalue weighted by Gasteiger charge is -2.59. The minimum absolute atomic E-state index is 0.178. The molecule has 2 aliphatic rings. The summed E-state index contributed by atoms with van der Waals surface area (Å²) in [6.07, 6.45) is 5.75. The van der Waals surface area contributed by atoms with E-state index in [-0.39, 0.29) is 11.7 Å². The van der Waals surface area contributed by atoms with E-state index in [9.17, 15) is 9.18 Å². The smallest absolute Gasteiger partial charge is 0.258 e. The Morgan fingerprint density at radius 3 is 2.59 bits per heavy atom. The van der Waals surface area contributed by atoms with E-state index < -0.39 is 5.54 Å². The van der Waals surface area contributed by atoms with Crippen LogP contribution in [0.15, 0.2) is 18.2 Å². The number of amides is 1. The van der Waals surface area contributed by atoms with Crippen LogP contribution >= 0.6 is 11.6 Å². The van der Waals surface area contributed by atoms with Gasteiger partial charge in [-0.25, -0.2) is 4.39 Å². The number of nitrogens with zero attached hydrogens (tertiary/aromatic N) is 2. The molecule has 5 heteroatoms. The predicted octanol–water partition coefficient (Wildman–Crippen LogP) is 4.15. The number of carbonyl (C=O) groups is 1. The van der Waals surface area contributed by atoms with E-state index in [1.807, 2.05) is 18.9 Å². The molecular weight excluding hydrogens is 303 g/mol. The van der Waals surface area contributed by atoms with Gasteiger partial charge in [0.05, 0.1) is 0 Å². The largest absolute Gasteiger partial charge is 0.271 e. The highest BCUT2D eigenvalue weighted by atomic mass is 35.5. The maximum Gasteiger partial charge on any atom is 0.258 e. The summed E-state index contributed by atoms with van der Waals surface area (Å²) >= 11 is 6.15. The summed E-state index contributed by atoms with van der Waals surface area (Å²) in [5.41, 5.74) is 0.333. The Morgan fingerprint density at radius 1 is 1.27 bits per heavy atom. The van der Waals surface area contributed by atoms with Gasteiger partial charge in [-0.05, 0) is 44.4 Å². The van der Waals surface area contributed by atoms with Crippen molar-refractivity contribution in [2.24, 2.45) is 0 Å². The zero-order valence-electron chi connectivity index (χ0n) is 13.1. The lowest BCUT2D eigenvalue weighted by molar-refractivity contribution is -0.231. The maximum absolute atomic E-state index is 13.2. The van der Waals surface area contributed by atoms with Gasteiger partial charge in [-0.1, -0.05) is 36.9 Å². The first-order valence-corrected chi connectivity index (χ1v) is 8.34. The SMILES string of the molecule is CC1(C)C(=O)N(C2CCCCC2)N1Cc1ccc(F)cc1Cl. The molecule has 2 fully saturated rings. The molecule has 1 amide bonds. The minimum Gasteiger partial charge on any atom is -0.271 e. The number of carbonyl (C=O) groups excluding carboxylic acids is 1. The second-order valence-electron chi connectivity index (χ2n) is 6.79. The number of hydrogen-bond donors (Lipinski definition) is 0. The van der Waals surface area contributed by atoms with Crippen LogP contribution in [0.5, 0.6) is 0 Å². The molecule has 1 aliphatic heterocycles. The van der Waals surface area contributed by atoms with Crippen LogP contribution in [0.3, 0.4) is 0 Å². The number of hydrazine groups is 1. The molecule has 3 rings (SSSR count). The van der Waals surface area contributed by atoms with Crippen LogP contribution in [-0.2, 0) is 11.3 Å². The number of rotatable bonds is 3. The summed E-state index contributed by atoms with van der Waals surface area (Å²) in [7, 11) is 0. The Morgan fingerprint density at radius 2 is 1.95 bits per heavy atom. The molecule has 3 nitrogen and oxygen atoms in total. The Bertz CT molecular complexity index is 584. The molecule has 0 radical (unpaired) electrons. The highest BCUT2D eigenvalue weighted by Crippen LogP contribution is 2.39. The summed E-state index contributed by atoms with van der Waals surface area (Å²) in [6.45, 7) is 4.41. The maximum atomic E-state index is 13.2. The van der Waals surface area contributed by atoms with Crippen LogP contribution in [0, 0.1) is 5.82 Å². The topological polar surface area (TPSA) is 23.6 Å². The van der Waals surface area contributed by atoms with E-state index >= 15 is 0 Å². The van der Waals surface area contributed by atoms with Crippen molar-refractivity contribution < 1.29 is 9.18 Å². The molecular formula is C17H22ClFN2O. The van der Waals surface area contributed by atoms with Crippen LogP contribution in [0.1, 0.15) is 51.5 Å². The molecule has 0 aromatic heterocycles. The first-order chi connectivity index (χ1) is 10.4. The molecule has 1 aliphatic carbocycles. The van der Waals surface area contributed by atoms with Gasteiger partial charge in [0.25, 0.3) is 5.91 Å².